The second-order valence-corrected chi connectivity index (χ2v) is 5.84. The minimum absolute atomic E-state index is 0.0701. The third-order valence-electron chi connectivity index (χ3n) is 2.67. The summed E-state index contributed by atoms with van der Waals surface area (Å²) >= 11 is 0. The van der Waals surface area contributed by atoms with Gasteiger partial charge in [0.1, 0.15) is 0 Å². The van der Waals surface area contributed by atoms with Gasteiger partial charge in [0.05, 0.1) is 12.1 Å². The second-order valence-electron chi connectivity index (χ2n) is 5.84. The summed E-state index contributed by atoms with van der Waals surface area (Å²) in [6.45, 7) is 10.4. The van der Waals surface area contributed by atoms with Gasteiger partial charge in [0.15, 0.2) is 0 Å². The van der Waals surface area contributed by atoms with Gasteiger partial charge in [0.25, 0.3) is 0 Å². The van der Waals surface area contributed by atoms with Gasteiger partial charge in [-0.3, -0.25) is 4.79 Å². The average molecular weight is 228 g/mol. The predicted octanol–water partition coefficient (Wildman–Crippen LogP) is 1.06. The van der Waals surface area contributed by atoms with Crippen LogP contribution in [0.15, 0.2) is 0 Å². The largest absolute Gasteiger partial charge is 0.379 e. The summed E-state index contributed by atoms with van der Waals surface area (Å²) in [6.07, 6.45) is 1.43. The van der Waals surface area contributed by atoms with Crippen LogP contribution in [0.25, 0.3) is 0 Å². The van der Waals surface area contributed by atoms with Crippen LogP contribution in [0.4, 0.5) is 0 Å². The Hall–Kier alpha value is -0.610. The molecule has 1 aliphatic heterocycles. The van der Waals surface area contributed by atoms with Gasteiger partial charge in [-0.2, -0.15) is 0 Å². The van der Waals surface area contributed by atoms with Crippen LogP contribution in [-0.2, 0) is 9.53 Å². The zero-order valence-electron chi connectivity index (χ0n) is 10.9. The molecule has 4 nitrogen and oxygen atoms in total. The molecule has 16 heavy (non-hydrogen) atoms. The molecule has 0 spiro atoms. The summed E-state index contributed by atoms with van der Waals surface area (Å²) < 4.78 is 5.29. The minimum Gasteiger partial charge on any atom is -0.379 e. The van der Waals surface area contributed by atoms with E-state index in [1.807, 2.05) is 6.92 Å². The Morgan fingerprint density at radius 3 is 2.62 bits per heavy atom. The van der Waals surface area contributed by atoms with Crippen LogP contribution in [0.2, 0.25) is 0 Å². The molecule has 1 atom stereocenters. The van der Waals surface area contributed by atoms with Crippen molar-refractivity contribution in [2.45, 2.75) is 51.6 Å². The Kier molecular flexibility index (Phi) is 4.33. The number of nitrogens with one attached hydrogen (secondary N) is 2. The highest BCUT2D eigenvalue weighted by atomic mass is 16.5. The van der Waals surface area contributed by atoms with Crippen molar-refractivity contribution in [2.75, 3.05) is 19.8 Å². The fraction of sp³-hybridized carbons (Fsp3) is 0.917. The molecule has 0 aromatic carbocycles. The third-order valence-corrected chi connectivity index (χ3v) is 2.67. The smallest absolute Gasteiger partial charge is 0.221 e. The summed E-state index contributed by atoms with van der Waals surface area (Å²) in [5, 5.41) is 6.34. The first-order chi connectivity index (χ1) is 7.31. The SMILES string of the molecule is CC(C)(C)NCCC(=O)NC1(C)CCOC1. The molecule has 0 aromatic rings. The van der Waals surface area contributed by atoms with Crippen molar-refractivity contribution in [2.24, 2.45) is 0 Å². The molecule has 1 amide bonds. The molecule has 94 valence electrons. The van der Waals surface area contributed by atoms with Crippen molar-refractivity contribution in [3.8, 4) is 0 Å². The lowest BCUT2D eigenvalue weighted by Gasteiger charge is -2.24. The van der Waals surface area contributed by atoms with Gasteiger partial charge in [-0.25, -0.2) is 0 Å². The Labute approximate surface area is 98.1 Å². The number of hydrogen-bond donors (Lipinski definition) is 2. The van der Waals surface area contributed by atoms with Crippen molar-refractivity contribution < 1.29 is 9.53 Å². The Morgan fingerprint density at radius 2 is 2.12 bits per heavy atom. The van der Waals surface area contributed by atoms with Crippen molar-refractivity contribution in [3.05, 3.63) is 0 Å². The Balaban J connectivity index is 2.21. The lowest BCUT2D eigenvalue weighted by molar-refractivity contribution is -0.122. The number of hydrogen-bond acceptors (Lipinski definition) is 3. The molecule has 1 saturated heterocycles. The monoisotopic (exact) mass is 228 g/mol. The molecular weight excluding hydrogens is 204 g/mol. The van der Waals surface area contributed by atoms with E-state index in [1.54, 1.807) is 0 Å². The molecule has 1 aliphatic rings. The van der Waals surface area contributed by atoms with Gasteiger partial charge in [0, 0.05) is 25.1 Å². The highest BCUT2D eigenvalue weighted by Crippen LogP contribution is 2.17. The average Bonchev–Trinajstić information content (AvgIpc) is 2.49. The minimum atomic E-state index is -0.154. The van der Waals surface area contributed by atoms with E-state index in [2.05, 4.69) is 31.4 Å². The van der Waals surface area contributed by atoms with Gasteiger partial charge < -0.3 is 15.4 Å². The van der Waals surface area contributed by atoms with Crippen molar-refractivity contribution in [3.63, 3.8) is 0 Å². The van der Waals surface area contributed by atoms with Gasteiger partial charge in [-0.05, 0) is 34.1 Å². The number of amides is 1. The van der Waals surface area contributed by atoms with E-state index in [4.69, 9.17) is 4.74 Å². The fourth-order valence-electron chi connectivity index (χ4n) is 1.72. The normalized spacial score (nSPS) is 25.8. The maximum Gasteiger partial charge on any atom is 0.221 e. The first-order valence-corrected chi connectivity index (χ1v) is 5.95. The van der Waals surface area contributed by atoms with E-state index in [0.717, 1.165) is 13.0 Å². The van der Waals surface area contributed by atoms with Crippen LogP contribution >= 0.6 is 0 Å². The van der Waals surface area contributed by atoms with E-state index in [0.29, 0.717) is 19.6 Å². The fourth-order valence-corrected chi connectivity index (χ4v) is 1.72. The van der Waals surface area contributed by atoms with Gasteiger partial charge in [-0.15, -0.1) is 0 Å². The summed E-state index contributed by atoms with van der Waals surface area (Å²) in [5.74, 6) is 0.102. The topological polar surface area (TPSA) is 50.4 Å². The Morgan fingerprint density at radius 1 is 1.44 bits per heavy atom. The molecule has 0 aliphatic carbocycles. The molecule has 2 N–H and O–H groups in total. The molecular formula is C12H24N2O2. The number of carbonyl (C=O) groups is 1. The maximum atomic E-state index is 11.7. The summed E-state index contributed by atoms with van der Waals surface area (Å²) in [5.41, 5.74) is -0.0839. The van der Waals surface area contributed by atoms with Crippen LogP contribution in [0.5, 0.6) is 0 Å². The summed E-state index contributed by atoms with van der Waals surface area (Å²) in [7, 11) is 0. The third kappa shape index (κ3) is 4.94. The zero-order valence-corrected chi connectivity index (χ0v) is 10.9. The van der Waals surface area contributed by atoms with E-state index < -0.39 is 0 Å². The highest BCUT2D eigenvalue weighted by molar-refractivity contribution is 5.77. The molecule has 0 radical (unpaired) electrons. The van der Waals surface area contributed by atoms with Gasteiger partial charge in [0.2, 0.25) is 5.91 Å². The summed E-state index contributed by atoms with van der Waals surface area (Å²) in [4.78, 5) is 11.7. The van der Waals surface area contributed by atoms with Crippen LogP contribution in [-0.4, -0.2) is 36.7 Å². The molecule has 1 fully saturated rings. The molecule has 0 aromatic heterocycles. The number of rotatable bonds is 4. The number of ether oxygens (including phenoxy) is 1. The lowest BCUT2D eigenvalue weighted by atomic mass is 10.0. The lowest BCUT2D eigenvalue weighted by Crippen LogP contribution is -2.47. The first kappa shape index (κ1) is 13.5. The molecule has 1 rings (SSSR count). The van der Waals surface area contributed by atoms with Crippen LogP contribution in [0, 0.1) is 0 Å². The van der Waals surface area contributed by atoms with E-state index in [-0.39, 0.29) is 17.0 Å². The van der Waals surface area contributed by atoms with Crippen LogP contribution in [0.1, 0.15) is 40.5 Å². The molecule has 0 bridgehead atoms. The van der Waals surface area contributed by atoms with Crippen molar-refractivity contribution in [1.29, 1.82) is 0 Å². The molecule has 0 saturated carbocycles. The molecule has 1 unspecified atom stereocenters. The highest BCUT2D eigenvalue weighted by Gasteiger charge is 2.30. The van der Waals surface area contributed by atoms with Crippen LogP contribution in [0.3, 0.4) is 0 Å². The summed E-state index contributed by atoms with van der Waals surface area (Å²) in [6, 6.07) is 0. The maximum absolute atomic E-state index is 11.7. The quantitative estimate of drug-likeness (QED) is 0.756. The van der Waals surface area contributed by atoms with Crippen molar-refractivity contribution in [1.82, 2.24) is 10.6 Å². The second kappa shape index (κ2) is 5.15. The van der Waals surface area contributed by atoms with Gasteiger partial charge in [-0.1, -0.05) is 0 Å². The standard InChI is InChI=1S/C12H24N2O2/c1-11(2,3)13-7-5-10(15)14-12(4)6-8-16-9-12/h13H,5-9H2,1-4H3,(H,14,15). The van der Waals surface area contributed by atoms with E-state index >= 15 is 0 Å². The van der Waals surface area contributed by atoms with E-state index in [9.17, 15) is 4.79 Å². The van der Waals surface area contributed by atoms with Crippen molar-refractivity contribution >= 4 is 5.91 Å². The predicted molar refractivity (Wildman–Crippen MR) is 64.4 cm³/mol. The van der Waals surface area contributed by atoms with E-state index in [1.165, 1.54) is 0 Å². The zero-order chi connectivity index (χ0) is 12.2. The van der Waals surface area contributed by atoms with Crippen LogP contribution < -0.4 is 10.6 Å². The first-order valence-electron chi connectivity index (χ1n) is 5.95. The number of carbonyl (C=O) groups excluding carboxylic acids is 1. The Bertz CT molecular complexity index is 240. The molecule has 1 heterocycles. The molecule has 4 heteroatoms. The van der Waals surface area contributed by atoms with Gasteiger partial charge >= 0.3 is 0 Å².